The van der Waals surface area contributed by atoms with Gasteiger partial charge in [-0.3, -0.25) is 4.79 Å². The largest absolute Gasteiger partial charge is 0.481 e. The molecule has 0 bridgehead atoms. The number of rotatable bonds is 14. The van der Waals surface area contributed by atoms with Gasteiger partial charge in [-0.15, -0.1) is 5.73 Å². The number of hydrogen-bond acceptors (Lipinski definition) is 1. The number of aliphatic carboxylic acids is 1. The molecule has 0 aliphatic carbocycles. The monoisotopic (exact) mass is 328 g/mol. The zero-order valence-corrected chi connectivity index (χ0v) is 15.0. The fourth-order valence-corrected chi connectivity index (χ4v) is 2.04. The van der Waals surface area contributed by atoms with Crippen LogP contribution in [-0.4, -0.2) is 11.1 Å². The maximum atomic E-state index is 10.3. The second-order valence-corrected chi connectivity index (χ2v) is 5.63. The molecule has 0 aliphatic heterocycles. The van der Waals surface area contributed by atoms with Crippen LogP contribution in [0.5, 0.6) is 0 Å². The van der Waals surface area contributed by atoms with Crippen LogP contribution in [-0.2, 0) is 4.79 Å². The smallest absolute Gasteiger partial charge is 0.307 e. The van der Waals surface area contributed by atoms with Gasteiger partial charge in [-0.2, -0.15) is 0 Å². The Balaban J connectivity index is 3.59. The summed E-state index contributed by atoms with van der Waals surface area (Å²) in [5, 5.41) is 8.43. The lowest BCUT2D eigenvalue weighted by atomic mass is 10.1. The van der Waals surface area contributed by atoms with Crippen LogP contribution in [0.15, 0.2) is 66.5 Å². The maximum Gasteiger partial charge on any atom is 0.307 e. The van der Waals surface area contributed by atoms with E-state index in [9.17, 15) is 4.79 Å². The molecule has 1 N–H and O–H groups in total. The fourth-order valence-electron chi connectivity index (χ4n) is 2.04. The van der Waals surface area contributed by atoms with Gasteiger partial charge in [-0.05, 0) is 25.0 Å². The lowest BCUT2D eigenvalue weighted by Crippen LogP contribution is -1.88. The lowest BCUT2D eigenvalue weighted by molar-refractivity contribution is -0.135. The molecule has 0 radical (unpaired) electrons. The minimum absolute atomic E-state index is 0.00804. The predicted molar refractivity (Wildman–Crippen MR) is 104 cm³/mol. The molecule has 0 amide bonds. The van der Waals surface area contributed by atoms with E-state index in [-0.39, 0.29) is 6.42 Å². The molecule has 2 nitrogen and oxygen atoms in total. The zero-order chi connectivity index (χ0) is 17.7. The second kappa shape index (κ2) is 19.0. The SMILES string of the molecule is CCCCCCCCC/C=C/C=C/C=C/C=C/C=C=CCC(=O)O. The molecule has 0 aromatic rings. The Morgan fingerprint density at radius 2 is 1.42 bits per heavy atom. The van der Waals surface area contributed by atoms with Gasteiger partial charge in [0.15, 0.2) is 0 Å². The second-order valence-electron chi connectivity index (χ2n) is 5.63. The van der Waals surface area contributed by atoms with E-state index >= 15 is 0 Å². The summed E-state index contributed by atoms with van der Waals surface area (Å²) >= 11 is 0. The number of carbonyl (C=O) groups is 1. The minimum Gasteiger partial charge on any atom is -0.481 e. The van der Waals surface area contributed by atoms with Crippen molar-refractivity contribution in [2.24, 2.45) is 0 Å². The molecule has 0 aromatic carbocycles. The molecule has 0 rings (SSSR count). The average Bonchev–Trinajstić information content (AvgIpc) is 2.56. The molecule has 0 atom stereocenters. The molecular formula is C22H32O2. The number of unbranched alkanes of at least 4 members (excludes halogenated alkanes) is 7. The van der Waals surface area contributed by atoms with E-state index in [0.717, 1.165) is 6.42 Å². The van der Waals surface area contributed by atoms with Gasteiger partial charge in [0.2, 0.25) is 0 Å². The zero-order valence-electron chi connectivity index (χ0n) is 15.0. The van der Waals surface area contributed by atoms with Crippen molar-refractivity contribution in [3.63, 3.8) is 0 Å². The van der Waals surface area contributed by atoms with Gasteiger partial charge in [0.1, 0.15) is 0 Å². The molecule has 0 spiro atoms. The number of carboxylic acid groups (broad SMARTS) is 1. The van der Waals surface area contributed by atoms with Gasteiger partial charge in [0, 0.05) is 0 Å². The van der Waals surface area contributed by atoms with E-state index < -0.39 is 5.97 Å². The Bertz CT molecular complexity index is 472. The Kier molecular flexibility index (Phi) is 17.4. The molecule has 0 saturated heterocycles. The molecule has 0 fully saturated rings. The molecule has 0 heterocycles. The summed E-state index contributed by atoms with van der Waals surface area (Å²) in [5.41, 5.74) is 2.79. The van der Waals surface area contributed by atoms with E-state index in [4.69, 9.17) is 5.11 Å². The lowest BCUT2D eigenvalue weighted by Gasteiger charge is -1.98. The standard InChI is InChI=1S/C22H32O2/c1-2-3-4-5-6-7-8-9-10-11-12-13-14-15-16-17-18-19-20-21-22(23)24/h10-18,20H,2-9,21H2,1H3,(H,23,24)/b11-10+,13-12+,15-14+,17-16+. The molecular weight excluding hydrogens is 296 g/mol. The quantitative estimate of drug-likeness (QED) is 0.223. The highest BCUT2D eigenvalue weighted by molar-refractivity contribution is 5.68. The highest BCUT2D eigenvalue weighted by Crippen LogP contribution is 2.08. The van der Waals surface area contributed by atoms with E-state index in [2.05, 4.69) is 24.8 Å². The Labute approximate surface area is 147 Å². The summed E-state index contributed by atoms with van der Waals surface area (Å²) in [4.78, 5) is 10.3. The number of hydrogen-bond donors (Lipinski definition) is 1. The van der Waals surface area contributed by atoms with Crippen molar-refractivity contribution in [2.45, 2.75) is 64.7 Å². The summed E-state index contributed by atoms with van der Waals surface area (Å²) in [6.45, 7) is 2.25. The minimum atomic E-state index is -0.843. The molecule has 132 valence electrons. The van der Waals surface area contributed by atoms with Crippen LogP contribution in [0.3, 0.4) is 0 Å². The van der Waals surface area contributed by atoms with Crippen LogP contribution < -0.4 is 0 Å². The predicted octanol–water partition coefficient (Wildman–Crippen LogP) is 6.54. The first-order valence-electron chi connectivity index (χ1n) is 9.05. The van der Waals surface area contributed by atoms with Crippen LogP contribution in [0, 0.1) is 0 Å². The van der Waals surface area contributed by atoms with Crippen LogP contribution in [0.4, 0.5) is 0 Å². The summed E-state index contributed by atoms with van der Waals surface area (Å²) in [7, 11) is 0. The summed E-state index contributed by atoms with van der Waals surface area (Å²) in [6.07, 6.45) is 29.8. The summed E-state index contributed by atoms with van der Waals surface area (Å²) in [6, 6.07) is 0. The van der Waals surface area contributed by atoms with Crippen molar-refractivity contribution in [1.82, 2.24) is 0 Å². The van der Waals surface area contributed by atoms with Crippen molar-refractivity contribution in [2.75, 3.05) is 0 Å². The Hall–Kier alpha value is -2.05. The first kappa shape index (κ1) is 21.9. The van der Waals surface area contributed by atoms with Crippen LogP contribution in [0.25, 0.3) is 0 Å². The molecule has 2 heteroatoms. The van der Waals surface area contributed by atoms with Crippen molar-refractivity contribution in [3.05, 3.63) is 66.5 Å². The van der Waals surface area contributed by atoms with E-state index in [1.165, 1.54) is 51.0 Å². The molecule has 0 unspecified atom stereocenters. The van der Waals surface area contributed by atoms with Gasteiger partial charge in [-0.25, -0.2) is 0 Å². The highest BCUT2D eigenvalue weighted by atomic mass is 16.4. The molecule has 0 saturated carbocycles. The van der Waals surface area contributed by atoms with Gasteiger partial charge in [-0.1, -0.05) is 94.1 Å². The van der Waals surface area contributed by atoms with Gasteiger partial charge in [0.05, 0.1) is 6.42 Å². The normalized spacial score (nSPS) is 11.7. The maximum absolute atomic E-state index is 10.3. The highest BCUT2D eigenvalue weighted by Gasteiger charge is 1.88. The van der Waals surface area contributed by atoms with Crippen molar-refractivity contribution in [3.8, 4) is 0 Å². The Morgan fingerprint density at radius 1 is 0.833 bits per heavy atom. The first-order chi connectivity index (χ1) is 11.8. The van der Waals surface area contributed by atoms with E-state index in [0.29, 0.717) is 0 Å². The molecule has 0 aromatic heterocycles. The average molecular weight is 328 g/mol. The van der Waals surface area contributed by atoms with Crippen molar-refractivity contribution >= 4 is 5.97 Å². The molecule has 24 heavy (non-hydrogen) atoms. The third-order valence-electron chi connectivity index (χ3n) is 3.36. The van der Waals surface area contributed by atoms with E-state index in [1.54, 1.807) is 6.08 Å². The first-order valence-corrected chi connectivity index (χ1v) is 9.05. The topological polar surface area (TPSA) is 37.3 Å². The third-order valence-corrected chi connectivity index (χ3v) is 3.36. The van der Waals surface area contributed by atoms with Crippen molar-refractivity contribution in [1.29, 1.82) is 0 Å². The van der Waals surface area contributed by atoms with Crippen LogP contribution >= 0.6 is 0 Å². The van der Waals surface area contributed by atoms with Crippen LogP contribution in [0.1, 0.15) is 64.7 Å². The van der Waals surface area contributed by atoms with Gasteiger partial charge < -0.3 is 5.11 Å². The molecule has 0 aliphatic rings. The van der Waals surface area contributed by atoms with Crippen LogP contribution in [0.2, 0.25) is 0 Å². The summed E-state index contributed by atoms with van der Waals surface area (Å²) < 4.78 is 0. The third kappa shape index (κ3) is 19.9. The number of carboxylic acids is 1. The van der Waals surface area contributed by atoms with Crippen molar-refractivity contribution < 1.29 is 9.90 Å². The Morgan fingerprint density at radius 3 is 2.08 bits per heavy atom. The number of allylic oxidation sites excluding steroid dienone is 8. The van der Waals surface area contributed by atoms with E-state index in [1.807, 2.05) is 36.5 Å². The van der Waals surface area contributed by atoms with Gasteiger partial charge >= 0.3 is 5.97 Å². The summed E-state index contributed by atoms with van der Waals surface area (Å²) in [5.74, 6) is -0.843. The fraction of sp³-hybridized carbons (Fsp3) is 0.455. The van der Waals surface area contributed by atoms with Gasteiger partial charge in [0.25, 0.3) is 0 Å².